The highest BCUT2D eigenvalue weighted by atomic mass is 16.5. The Balaban J connectivity index is 2.01. The van der Waals surface area contributed by atoms with Gasteiger partial charge in [-0.15, -0.1) is 0 Å². The molecular weight excluding hydrogens is 228 g/mol. The molecule has 98 valence electrons. The van der Waals surface area contributed by atoms with Crippen molar-refractivity contribution in [1.29, 1.82) is 0 Å². The monoisotopic (exact) mass is 248 g/mol. The minimum atomic E-state index is -0.255. The van der Waals surface area contributed by atoms with Gasteiger partial charge in [0, 0.05) is 18.8 Å². The van der Waals surface area contributed by atoms with Gasteiger partial charge in [0.05, 0.1) is 5.56 Å². The molecule has 1 aliphatic heterocycles. The third-order valence-corrected chi connectivity index (χ3v) is 3.42. The topological polar surface area (TPSA) is 55.6 Å². The number of hydrogen-bond donors (Lipinski definition) is 1. The van der Waals surface area contributed by atoms with E-state index in [1.165, 1.54) is 0 Å². The number of anilines is 1. The summed E-state index contributed by atoms with van der Waals surface area (Å²) in [6.07, 6.45) is 1.85. The van der Waals surface area contributed by atoms with E-state index in [1.54, 1.807) is 12.1 Å². The maximum atomic E-state index is 12.1. The van der Waals surface area contributed by atoms with Gasteiger partial charge in [-0.3, -0.25) is 0 Å². The third kappa shape index (κ3) is 3.01. The first-order valence-corrected chi connectivity index (χ1v) is 6.32. The number of carbonyl (C=O) groups is 1. The summed E-state index contributed by atoms with van der Waals surface area (Å²) in [5.41, 5.74) is 7.78. The van der Waals surface area contributed by atoms with Gasteiger partial charge in [0.1, 0.15) is 6.10 Å². The molecule has 2 N–H and O–H groups in total. The van der Waals surface area contributed by atoms with Crippen molar-refractivity contribution in [3.05, 3.63) is 29.3 Å². The fraction of sp³-hybridized carbons (Fsp3) is 0.500. The van der Waals surface area contributed by atoms with Gasteiger partial charge < -0.3 is 15.4 Å². The van der Waals surface area contributed by atoms with E-state index in [0.717, 1.165) is 31.5 Å². The smallest absolute Gasteiger partial charge is 0.338 e. The maximum Gasteiger partial charge on any atom is 0.338 e. The van der Waals surface area contributed by atoms with E-state index in [1.807, 2.05) is 13.0 Å². The van der Waals surface area contributed by atoms with E-state index in [4.69, 9.17) is 10.5 Å². The van der Waals surface area contributed by atoms with Crippen LogP contribution in [0.4, 0.5) is 5.69 Å². The Bertz CT molecular complexity index is 437. The second-order valence-corrected chi connectivity index (χ2v) is 4.98. The molecule has 1 aromatic carbocycles. The van der Waals surface area contributed by atoms with Crippen LogP contribution in [-0.4, -0.2) is 37.1 Å². The van der Waals surface area contributed by atoms with Gasteiger partial charge >= 0.3 is 5.97 Å². The molecule has 1 heterocycles. The SMILES string of the molecule is Cc1ccc(N)cc1C(=O)OC1CCN(C)CC1. The molecule has 0 amide bonds. The van der Waals surface area contributed by atoms with Gasteiger partial charge in [0.2, 0.25) is 0 Å². The van der Waals surface area contributed by atoms with Crippen LogP contribution in [0.2, 0.25) is 0 Å². The summed E-state index contributed by atoms with van der Waals surface area (Å²) < 4.78 is 5.54. The fourth-order valence-electron chi connectivity index (χ4n) is 2.18. The highest BCUT2D eigenvalue weighted by molar-refractivity contribution is 5.92. The molecule has 1 fully saturated rings. The summed E-state index contributed by atoms with van der Waals surface area (Å²) in [5, 5.41) is 0. The minimum absolute atomic E-state index is 0.0366. The van der Waals surface area contributed by atoms with E-state index < -0.39 is 0 Å². The van der Waals surface area contributed by atoms with Crippen molar-refractivity contribution in [1.82, 2.24) is 4.90 Å². The Morgan fingerprint density at radius 1 is 1.39 bits per heavy atom. The van der Waals surface area contributed by atoms with Gasteiger partial charge in [-0.1, -0.05) is 6.07 Å². The van der Waals surface area contributed by atoms with Crippen LogP contribution in [-0.2, 0) is 4.74 Å². The molecule has 18 heavy (non-hydrogen) atoms. The predicted molar refractivity (Wildman–Crippen MR) is 71.5 cm³/mol. The molecule has 0 radical (unpaired) electrons. The zero-order chi connectivity index (χ0) is 13.1. The average molecular weight is 248 g/mol. The van der Waals surface area contributed by atoms with Crippen molar-refractivity contribution in [2.24, 2.45) is 0 Å². The van der Waals surface area contributed by atoms with Gasteiger partial charge in [-0.25, -0.2) is 4.79 Å². The molecule has 4 heteroatoms. The standard InChI is InChI=1S/C14H20N2O2/c1-10-3-4-11(15)9-13(10)14(17)18-12-5-7-16(2)8-6-12/h3-4,9,12H,5-8,15H2,1-2H3. The van der Waals surface area contributed by atoms with E-state index in [-0.39, 0.29) is 12.1 Å². The summed E-state index contributed by atoms with van der Waals surface area (Å²) in [6, 6.07) is 5.33. The molecule has 0 aromatic heterocycles. The van der Waals surface area contributed by atoms with Crippen molar-refractivity contribution in [2.45, 2.75) is 25.9 Å². The molecule has 0 unspecified atom stereocenters. The summed E-state index contributed by atoms with van der Waals surface area (Å²) in [5.74, 6) is -0.255. The second-order valence-electron chi connectivity index (χ2n) is 4.98. The molecule has 0 aliphatic carbocycles. The summed E-state index contributed by atoms with van der Waals surface area (Å²) in [4.78, 5) is 14.3. The lowest BCUT2D eigenvalue weighted by atomic mass is 10.1. The molecule has 0 saturated carbocycles. The summed E-state index contributed by atoms with van der Waals surface area (Å²) in [6.45, 7) is 3.85. The molecule has 0 bridgehead atoms. The van der Waals surface area contributed by atoms with Crippen molar-refractivity contribution in [3.8, 4) is 0 Å². The highest BCUT2D eigenvalue weighted by Gasteiger charge is 2.21. The number of nitrogen functional groups attached to an aromatic ring is 1. The van der Waals surface area contributed by atoms with E-state index in [0.29, 0.717) is 11.3 Å². The van der Waals surface area contributed by atoms with Gasteiger partial charge in [-0.2, -0.15) is 0 Å². The number of benzene rings is 1. The molecule has 2 rings (SSSR count). The number of piperidine rings is 1. The van der Waals surface area contributed by atoms with Crippen LogP contribution in [0.1, 0.15) is 28.8 Å². The molecular formula is C14H20N2O2. The van der Waals surface area contributed by atoms with Crippen LogP contribution in [0.15, 0.2) is 18.2 Å². The number of carbonyl (C=O) groups excluding carboxylic acids is 1. The van der Waals surface area contributed by atoms with E-state index in [2.05, 4.69) is 11.9 Å². The first kappa shape index (κ1) is 12.9. The number of likely N-dealkylation sites (tertiary alicyclic amines) is 1. The van der Waals surface area contributed by atoms with E-state index in [9.17, 15) is 4.79 Å². The molecule has 0 spiro atoms. The normalized spacial score (nSPS) is 17.7. The zero-order valence-electron chi connectivity index (χ0n) is 11.0. The Kier molecular flexibility index (Phi) is 3.87. The van der Waals surface area contributed by atoms with Crippen LogP contribution >= 0.6 is 0 Å². The van der Waals surface area contributed by atoms with Crippen molar-refractivity contribution < 1.29 is 9.53 Å². The number of esters is 1. The maximum absolute atomic E-state index is 12.1. The number of ether oxygens (including phenoxy) is 1. The number of nitrogens with two attached hydrogens (primary N) is 1. The van der Waals surface area contributed by atoms with Crippen LogP contribution in [0.3, 0.4) is 0 Å². The third-order valence-electron chi connectivity index (χ3n) is 3.42. The van der Waals surface area contributed by atoms with Gasteiger partial charge in [0.25, 0.3) is 0 Å². The summed E-state index contributed by atoms with van der Waals surface area (Å²) >= 11 is 0. The number of rotatable bonds is 2. The predicted octanol–water partition coefficient (Wildman–Crippen LogP) is 1.83. The Hall–Kier alpha value is -1.55. The second kappa shape index (κ2) is 5.40. The molecule has 1 saturated heterocycles. The number of hydrogen-bond acceptors (Lipinski definition) is 4. The summed E-state index contributed by atoms with van der Waals surface area (Å²) in [7, 11) is 2.08. The van der Waals surface area contributed by atoms with Crippen LogP contribution in [0, 0.1) is 6.92 Å². The zero-order valence-corrected chi connectivity index (χ0v) is 11.0. The Morgan fingerprint density at radius 2 is 2.06 bits per heavy atom. The van der Waals surface area contributed by atoms with Gasteiger partial charge in [0.15, 0.2) is 0 Å². The average Bonchev–Trinajstić information content (AvgIpc) is 2.35. The van der Waals surface area contributed by atoms with Gasteiger partial charge in [-0.05, 0) is 44.5 Å². The highest BCUT2D eigenvalue weighted by Crippen LogP contribution is 2.18. The molecule has 0 atom stereocenters. The Labute approximate surface area is 108 Å². The largest absolute Gasteiger partial charge is 0.459 e. The quantitative estimate of drug-likeness (QED) is 0.641. The van der Waals surface area contributed by atoms with Crippen molar-refractivity contribution in [3.63, 3.8) is 0 Å². The van der Waals surface area contributed by atoms with Crippen LogP contribution in [0.25, 0.3) is 0 Å². The first-order valence-electron chi connectivity index (χ1n) is 6.32. The first-order chi connectivity index (χ1) is 8.56. The molecule has 1 aliphatic rings. The molecule has 4 nitrogen and oxygen atoms in total. The fourth-order valence-corrected chi connectivity index (χ4v) is 2.18. The molecule has 1 aromatic rings. The lowest BCUT2D eigenvalue weighted by Crippen LogP contribution is -2.35. The lowest BCUT2D eigenvalue weighted by Gasteiger charge is -2.28. The van der Waals surface area contributed by atoms with Crippen molar-refractivity contribution >= 4 is 11.7 Å². The Morgan fingerprint density at radius 3 is 2.72 bits per heavy atom. The number of nitrogens with zero attached hydrogens (tertiary/aromatic N) is 1. The lowest BCUT2D eigenvalue weighted by molar-refractivity contribution is 0.0139. The number of aryl methyl sites for hydroxylation is 1. The minimum Gasteiger partial charge on any atom is -0.459 e. The van der Waals surface area contributed by atoms with Crippen molar-refractivity contribution in [2.75, 3.05) is 25.9 Å². The van der Waals surface area contributed by atoms with Crippen LogP contribution in [0.5, 0.6) is 0 Å². The van der Waals surface area contributed by atoms with Crippen LogP contribution < -0.4 is 5.73 Å². The van der Waals surface area contributed by atoms with E-state index >= 15 is 0 Å².